The second-order valence-electron chi connectivity index (χ2n) is 5.48. The van der Waals surface area contributed by atoms with Crippen LogP contribution in [-0.2, 0) is 4.79 Å². The summed E-state index contributed by atoms with van der Waals surface area (Å²) in [7, 11) is 2.00. The highest BCUT2D eigenvalue weighted by Gasteiger charge is 2.31. The SMILES string of the molecule is CN1C(=NC2CC2)SCC1CC(=O)Nc1ccc(F)cc1. The van der Waals surface area contributed by atoms with Crippen LogP contribution in [0.2, 0.25) is 0 Å². The van der Waals surface area contributed by atoms with E-state index in [0.717, 1.165) is 10.9 Å². The Kier molecular flexibility index (Phi) is 4.14. The van der Waals surface area contributed by atoms with Gasteiger partial charge in [0.1, 0.15) is 5.82 Å². The molecule has 2 fully saturated rings. The molecule has 1 saturated carbocycles. The number of amidine groups is 1. The highest BCUT2D eigenvalue weighted by atomic mass is 32.2. The summed E-state index contributed by atoms with van der Waals surface area (Å²) in [6, 6.07) is 6.50. The molecule has 2 aliphatic rings. The van der Waals surface area contributed by atoms with Crippen LogP contribution >= 0.6 is 11.8 Å². The molecule has 1 heterocycles. The fourth-order valence-electron chi connectivity index (χ4n) is 2.18. The van der Waals surface area contributed by atoms with Crippen molar-refractivity contribution < 1.29 is 9.18 Å². The smallest absolute Gasteiger partial charge is 0.226 e. The topological polar surface area (TPSA) is 44.7 Å². The van der Waals surface area contributed by atoms with E-state index < -0.39 is 0 Å². The molecule has 4 nitrogen and oxygen atoms in total. The number of amides is 1. The highest BCUT2D eigenvalue weighted by molar-refractivity contribution is 8.14. The van der Waals surface area contributed by atoms with Gasteiger partial charge < -0.3 is 10.2 Å². The maximum absolute atomic E-state index is 12.8. The number of benzene rings is 1. The number of thioether (sulfide) groups is 1. The Morgan fingerprint density at radius 2 is 2.14 bits per heavy atom. The molecule has 1 aromatic rings. The number of anilines is 1. The molecule has 1 N–H and O–H groups in total. The first kappa shape index (κ1) is 14.4. The zero-order chi connectivity index (χ0) is 14.8. The Morgan fingerprint density at radius 1 is 1.43 bits per heavy atom. The molecule has 1 saturated heterocycles. The minimum atomic E-state index is -0.305. The van der Waals surface area contributed by atoms with Gasteiger partial charge in [0, 0.05) is 31.0 Å². The highest BCUT2D eigenvalue weighted by Crippen LogP contribution is 2.30. The monoisotopic (exact) mass is 307 g/mol. The molecular weight excluding hydrogens is 289 g/mol. The summed E-state index contributed by atoms with van der Waals surface area (Å²) >= 11 is 1.72. The van der Waals surface area contributed by atoms with Crippen LogP contribution < -0.4 is 5.32 Å². The standard InChI is InChI=1S/C15H18FN3OS/c1-19-13(9-21-15(19)18-12-6-7-12)8-14(20)17-11-4-2-10(16)3-5-11/h2-5,12-13H,6-9H2,1H3,(H,17,20). The molecule has 1 aliphatic heterocycles. The maximum atomic E-state index is 12.8. The Bertz CT molecular complexity index is 557. The molecule has 0 aromatic heterocycles. The first-order valence-corrected chi connectivity index (χ1v) is 8.09. The van der Waals surface area contributed by atoms with Gasteiger partial charge in [0.05, 0.1) is 6.04 Å². The van der Waals surface area contributed by atoms with E-state index in [-0.39, 0.29) is 17.8 Å². The average molecular weight is 307 g/mol. The second-order valence-corrected chi connectivity index (χ2v) is 6.46. The van der Waals surface area contributed by atoms with Crippen molar-refractivity contribution in [3.8, 4) is 0 Å². The molecule has 0 radical (unpaired) electrons. The van der Waals surface area contributed by atoms with Crippen molar-refractivity contribution in [3.05, 3.63) is 30.1 Å². The van der Waals surface area contributed by atoms with E-state index in [1.807, 2.05) is 7.05 Å². The molecule has 21 heavy (non-hydrogen) atoms. The van der Waals surface area contributed by atoms with Crippen LogP contribution in [0.1, 0.15) is 19.3 Å². The van der Waals surface area contributed by atoms with E-state index in [2.05, 4.69) is 15.2 Å². The molecule has 1 amide bonds. The molecular formula is C15H18FN3OS. The third-order valence-electron chi connectivity index (χ3n) is 3.64. The number of rotatable bonds is 4. The van der Waals surface area contributed by atoms with Crippen LogP contribution in [0.3, 0.4) is 0 Å². The van der Waals surface area contributed by atoms with E-state index in [4.69, 9.17) is 0 Å². The molecule has 3 rings (SSSR count). The summed E-state index contributed by atoms with van der Waals surface area (Å²) in [6.07, 6.45) is 2.80. The summed E-state index contributed by atoms with van der Waals surface area (Å²) in [5.41, 5.74) is 0.626. The largest absolute Gasteiger partial charge is 0.350 e. The van der Waals surface area contributed by atoms with Gasteiger partial charge in [-0.25, -0.2) is 4.39 Å². The van der Waals surface area contributed by atoms with Crippen molar-refractivity contribution in [1.29, 1.82) is 0 Å². The Balaban J connectivity index is 1.54. The van der Waals surface area contributed by atoms with E-state index in [9.17, 15) is 9.18 Å². The van der Waals surface area contributed by atoms with Crippen LogP contribution in [0.25, 0.3) is 0 Å². The number of halogens is 1. The zero-order valence-corrected chi connectivity index (χ0v) is 12.7. The average Bonchev–Trinajstić information content (AvgIpc) is 3.21. The lowest BCUT2D eigenvalue weighted by Crippen LogP contribution is -2.33. The van der Waals surface area contributed by atoms with Gasteiger partial charge in [0.25, 0.3) is 0 Å². The zero-order valence-electron chi connectivity index (χ0n) is 11.9. The number of hydrogen-bond donors (Lipinski definition) is 1. The van der Waals surface area contributed by atoms with Crippen molar-refractivity contribution in [1.82, 2.24) is 4.90 Å². The molecule has 1 aliphatic carbocycles. The quantitative estimate of drug-likeness (QED) is 0.930. The summed E-state index contributed by atoms with van der Waals surface area (Å²) in [6.45, 7) is 0. The molecule has 1 aromatic carbocycles. The third kappa shape index (κ3) is 3.75. The summed E-state index contributed by atoms with van der Waals surface area (Å²) in [5, 5.41) is 3.86. The van der Waals surface area contributed by atoms with Gasteiger partial charge in [-0.15, -0.1) is 0 Å². The lowest BCUT2D eigenvalue weighted by atomic mass is 10.2. The van der Waals surface area contributed by atoms with Crippen LogP contribution in [-0.4, -0.2) is 40.9 Å². The van der Waals surface area contributed by atoms with Crippen LogP contribution in [0.5, 0.6) is 0 Å². The van der Waals surface area contributed by atoms with Crippen molar-refractivity contribution in [3.63, 3.8) is 0 Å². The van der Waals surface area contributed by atoms with Crippen LogP contribution in [0.15, 0.2) is 29.3 Å². The predicted octanol–water partition coefficient (Wildman–Crippen LogP) is 2.72. The number of carbonyl (C=O) groups is 1. The third-order valence-corrected chi connectivity index (χ3v) is 4.85. The Hall–Kier alpha value is -1.56. The van der Waals surface area contributed by atoms with Gasteiger partial charge in [-0.3, -0.25) is 9.79 Å². The minimum Gasteiger partial charge on any atom is -0.350 e. The van der Waals surface area contributed by atoms with Gasteiger partial charge in [0.2, 0.25) is 5.91 Å². The number of hydrogen-bond acceptors (Lipinski definition) is 3. The summed E-state index contributed by atoms with van der Waals surface area (Å²) < 4.78 is 12.8. The minimum absolute atomic E-state index is 0.0493. The maximum Gasteiger partial charge on any atom is 0.226 e. The van der Waals surface area contributed by atoms with Crippen LogP contribution in [0.4, 0.5) is 10.1 Å². The second kappa shape index (κ2) is 6.05. The predicted molar refractivity (Wildman–Crippen MR) is 84.1 cm³/mol. The van der Waals surface area contributed by atoms with Gasteiger partial charge in [-0.1, -0.05) is 11.8 Å². The molecule has 112 valence electrons. The Labute approximate surface area is 127 Å². The normalized spacial score (nSPS) is 23.6. The first-order chi connectivity index (χ1) is 10.1. The molecule has 1 atom stereocenters. The van der Waals surface area contributed by atoms with Gasteiger partial charge in [0.15, 0.2) is 5.17 Å². The molecule has 0 spiro atoms. The van der Waals surface area contributed by atoms with Gasteiger partial charge in [-0.2, -0.15) is 0 Å². The molecule has 1 unspecified atom stereocenters. The first-order valence-electron chi connectivity index (χ1n) is 7.10. The van der Waals surface area contributed by atoms with Crippen molar-refractivity contribution in [2.24, 2.45) is 4.99 Å². The van der Waals surface area contributed by atoms with Crippen molar-refractivity contribution >= 4 is 28.5 Å². The fourth-order valence-corrected chi connectivity index (χ4v) is 3.44. The number of aliphatic imine (C=N–C) groups is 1. The van der Waals surface area contributed by atoms with Crippen molar-refractivity contribution in [2.45, 2.75) is 31.3 Å². The van der Waals surface area contributed by atoms with Crippen molar-refractivity contribution in [2.75, 3.05) is 18.1 Å². The van der Waals surface area contributed by atoms with E-state index in [1.165, 1.54) is 25.0 Å². The fraction of sp³-hybridized carbons (Fsp3) is 0.467. The van der Waals surface area contributed by atoms with Crippen LogP contribution in [0, 0.1) is 5.82 Å². The lowest BCUT2D eigenvalue weighted by Gasteiger charge is -2.20. The number of nitrogens with zero attached hydrogens (tertiary/aromatic N) is 2. The summed E-state index contributed by atoms with van der Waals surface area (Å²) in [5.74, 6) is 0.534. The molecule has 6 heteroatoms. The number of nitrogens with one attached hydrogen (secondary N) is 1. The Morgan fingerprint density at radius 3 is 2.81 bits per heavy atom. The number of carbonyl (C=O) groups excluding carboxylic acids is 1. The molecule has 0 bridgehead atoms. The van der Waals surface area contributed by atoms with Gasteiger partial charge in [-0.05, 0) is 37.1 Å². The van der Waals surface area contributed by atoms with Gasteiger partial charge >= 0.3 is 0 Å². The van der Waals surface area contributed by atoms with E-state index in [1.54, 1.807) is 23.9 Å². The van der Waals surface area contributed by atoms with E-state index >= 15 is 0 Å². The lowest BCUT2D eigenvalue weighted by molar-refractivity contribution is -0.116. The van der Waals surface area contributed by atoms with E-state index in [0.29, 0.717) is 18.2 Å². The summed E-state index contributed by atoms with van der Waals surface area (Å²) in [4.78, 5) is 18.8.